The number of alkyl halides is 1. The topological polar surface area (TPSA) is 186 Å². The van der Waals surface area contributed by atoms with Crippen LogP contribution in [0.2, 0.25) is 5.28 Å². The molecule has 2 heterocycles. The van der Waals surface area contributed by atoms with Gasteiger partial charge in [0, 0.05) is 24.8 Å². The molecule has 7 N–H and O–H groups in total. The zero-order chi connectivity index (χ0) is 25.8. The highest BCUT2D eigenvalue weighted by Crippen LogP contribution is 2.36. The molecule has 0 spiro atoms. The van der Waals surface area contributed by atoms with E-state index in [0.29, 0.717) is 16.1 Å². The molecule has 2 aromatic rings. The van der Waals surface area contributed by atoms with Crippen LogP contribution in [-0.4, -0.2) is 70.5 Å². The third-order valence-corrected chi connectivity index (χ3v) is 6.15. The van der Waals surface area contributed by atoms with Crippen LogP contribution >= 0.6 is 23.5 Å². The Morgan fingerprint density at radius 3 is 2.54 bits per heavy atom. The zero-order valence-electron chi connectivity index (χ0n) is 18.5. The molecule has 0 aliphatic carbocycles. The van der Waals surface area contributed by atoms with Gasteiger partial charge in [-0.15, -0.1) is 0 Å². The number of nitrogen functional groups attached to an aromatic ring is 1. The van der Waals surface area contributed by atoms with Gasteiger partial charge in [0.2, 0.25) is 5.28 Å². The first kappa shape index (κ1) is 26.7. The molecule has 1 aromatic carbocycles. The van der Waals surface area contributed by atoms with Crippen molar-refractivity contribution in [1.82, 2.24) is 9.97 Å². The van der Waals surface area contributed by atoms with Crippen molar-refractivity contribution in [3.05, 3.63) is 35.1 Å². The summed E-state index contributed by atoms with van der Waals surface area (Å²) in [5.74, 6) is -3.18. The van der Waals surface area contributed by atoms with Gasteiger partial charge in [0.05, 0.1) is 19.4 Å². The summed E-state index contributed by atoms with van der Waals surface area (Å²) in [5.41, 5.74) is 3.90. The van der Waals surface area contributed by atoms with Crippen molar-refractivity contribution in [2.45, 2.75) is 35.7 Å². The summed E-state index contributed by atoms with van der Waals surface area (Å²) < 4.78 is 25.9. The molecule has 2 atom stereocenters. The fraction of sp³-hybridized carbons (Fsp3) is 0.400. The van der Waals surface area contributed by atoms with Crippen LogP contribution < -0.4 is 21.1 Å². The number of methoxy groups -OCH3 is 1. The standard InChI is InChI=1S/C20H24ClFN6O6S/c1-33-11(6-13(22)28-9-25-14-15(23)26-19(21)27-16(14)28)8-34-20(17(29)30,18(31)32)7-10-2-4-12(35-24)5-3-10/h2-5,11,13,25H,6-9,24H2,1H3,(H,29,30)(H,31,32)(H2,23,26,27). The van der Waals surface area contributed by atoms with E-state index in [1.54, 1.807) is 24.3 Å². The van der Waals surface area contributed by atoms with E-state index in [1.807, 2.05) is 0 Å². The van der Waals surface area contributed by atoms with Crippen LogP contribution in [0, 0.1) is 0 Å². The number of rotatable bonds is 12. The van der Waals surface area contributed by atoms with E-state index in [0.717, 1.165) is 11.9 Å². The van der Waals surface area contributed by atoms with E-state index in [2.05, 4.69) is 15.3 Å². The Morgan fingerprint density at radius 1 is 1.31 bits per heavy atom. The Kier molecular flexibility index (Phi) is 8.56. The number of nitrogens with zero attached hydrogens (tertiary/aromatic N) is 3. The molecule has 190 valence electrons. The molecule has 3 rings (SSSR count). The van der Waals surface area contributed by atoms with Crippen molar-refractivity contribution in [1.29, 1.82) is 0 Å². The van der Waals surface area contributed by atoms with Crippen LogP contribution in [-0.2, 0) is 25.5 Å². The Balaban J connectivity index is 1.73. The first-order chi connectivity index (χ1) is 16.6. The van der Waals surface area contributed by atoms with Crippen LogP contribution in [0.4, 0.5) is 21.7 Å². The number of aliphatic carboxylic acids is 2. The van der Waals surface area contributed by atoms with Gasteiger partial charge in [-0.05, 0) is 41.2 Å². The van der Waals surface area contributed by atoms with Gasteiger partial charge < -0.3 is 35.6 Å². The number of fused-ring (bicyclic) bond motifs is 1. The van der Waals surface area contributed by atoms with Crippen LogP contribution in [0.25, 0.3) is 0 Å². The number of hydrogen-bond acceptors (Lipinski definition) is 11. The fourth-order valence-electron chi connectivity index (χ4n) is 3.49. The molecule has 0 radical (unpaired) electrons. The summed E-state index contributed by atoms with van der Waals surface area (Å²) in [6.45, 7) is -0.481. The second-order valence-corrected chi connectivity index (χ2v) is 8.64. The molecule has 1 aliphatic rings. The average molecular weight is 531 g/mol. The highest BCUT2D eigenvalue weighted by Gasteiger charge is 2.49. The maximum atomic E-state index is 15.2. The third-order valence-electron chi connectivity index (χ3n) is 5.44. The number of aromatic nitrogens is 2. The summed E-state index contributed by atoms with van der Waals surface area (Å²) in [7, 11) is 1.28. The van der Waals surface area contributed by atoms with Crippen molar-refractivity contribution in [3.63, 3.8) is 0 Å². The average Bonchev–Trinajstić information content (AvgIpc) is 3.25. The molecule has 1 aliphatic heterocycles. The summed E-state index contributed by atoms with van der Waals surface area (Å²) >= 11 is 6.82. The molecule has 0 bridgehead atoms. The van der Waals surface area contributed by atoms with Gasteiger partial charge in [0.25, 0.3) is 5.60 Å². The van der Waals surface area contributed by atoms with Crippen molar-refractivity contribution in [3.8, 4) is 0 Å². The number of carboxylic acid groups (broad SMARTS) is 2. The molecule has 12 nitrogen and oxygen atoms in total. The number of nitrogens with two attached hydrogens (primary N) is 2. The lowest BCUT2D eigenvalue weighted by atomic mass is 9.94. The second-order valence-electron chi connectivity index (χ2n) is 7.60. The predicted octanol–water partition coefficient (Wildman–Crippen LogP) is 1.74. The van der Waals surface area contributed by atoms with Gasteiger partial charge in [-0.1, -0.05) is 12.1 Å². The fourth-order valence-corrected chi connectivity index (χ4v) is 3.95. The summed E-state index contributed by atoms with van der Waals surface area (Å²) in [6.07, 6.45) is -3.43. The minimum Gasteiger partial charge on any atom is -0.479 e. The van der Waals surface area contributed by atoms with Gasteiger partial charge in [-0.3, -0.25) is 5.14 Å². The van der Waals surface area contributed by atoms with Gasteiger partial charge in [0.15, 0.2) is 17.9 Å². The van der Waals surface area contributed by atoms with Gasteiger partial charge in [-0.2, -0.15) is 9.97 Å². The molecule has 2 unspecified atom stereocenters. The van der Waals surface area contributed by atoms with Crippen LogP contribution in [0.1, 0.15) is 12.0 Å². The number of nitrogens with one attached hydrogen (secondary N) is 1. The lowest BCUT2D eigenvalue weighted by Crippen LogP contribution is -2.52. The number of anilines is 3. The highest BCUT2D eigenvalue weighted by atomic mass is 35.5. The Hall–Kier alpha value is -2.91. The Morgan fingerprint density at radius 2 is 1.97 bits per heavy atom. The first-order valence-electron chi connectivity index (χ1n) is 10.2. The highest BCUT2D eigenvalue weighted by molar-refractivity contribution is 7.97. The van der Waals surface area contributed by atoms with E-state index in [9.17, 15) is 19.8 Å². The summed E-state index contributed by atoms with van der Waals surface area (Å²) in [5, 5.41) is 27.7. The smallest absolute Gasteiger partial charge is 0.348 e. The molecular formula is C20H24ClFN6O6S. The van der Waals surface area contributed by atoms with Gasteiger partial charge in [0.1, 0.15) is 5.69 Å². The molecule has 35 heavy (non-hydrogen) atoms. The largest absolute Gasteiger partial charge is 0.479 e. The van der Waals surface area contributed by atoms with Crippen LogP contribution in [0.3, 0.4) is 0 Å². The number of carboxylic acids is 2. The third kappa shape index (κ3) is 5.85. The van der Waals surface area contributed by atoms with Crippen molar-refractivity contribution < 1.29 is 33.7 Å². The van der Waals surface area contributed by atoms with Gasteiger partial charge in [-0.25, -0.2) is 14.0 Å². The van der Waals surface area contributed by atoms with E-state index >= 15 is 4.39 Å². The lowest BCUT2D eigenvalue weighted by Gasteiger charge is -2.29. The summed E-state index contributed by atoms with van der Waals surface area (Å²) in [6, 6.07) is 6.37. The number of ether oxygens (including phenoxy) is 2. The van der Waals surface area contributed by atoms with E-state index in [1.165, 1.54) is 12.0 Å². The molecule has 0 saturated carbocycles. The first-order valence-corrected chi connectivity index (χ1v) is 11.4. The Labute approximate surface area is 208 Å². The number of carbonyl (C=O) groups is 2. The summed E-state index contributed by atoms with van der Waals surface area (Å²) in [4.78, 5) is 33.8. The van der Waals surface area contributed by atoms with Crippen LogP contribution in [0.15, 0.2) is 29.2 Å². The van der Waals surface area contributed by atoms with E-state index in [4.69, 9.17) is 31.9 Å². The SMILES string of the molecule is COC(COC(Cc1ccc(SN)cc1)(C(=O)O)C(=O)O)CC(F)N1CNc2c(N)nc(Cl)nc21. The normalized spacial score (nSPS) is 14.8. The monoisotopic (exact) mass is 530 g/mol. The van der Waals surface area contributed by atoms with Crippen LogP contribution in [0.5, 0.6) is 0 Å². The Bertz CT molecular complexity index is 1070. The predicted molar refractivity (Wildman–Crippen MR) is 127 cm³/mol. The quantitative estimate of drug-likeness (QED) is 0.116. The molecular weight excluding hydrogens is 507 g/mol. The minimum atomic E-state index is -2.61. The second kappa shape index (κ2) is 11.2. The van der Waals surface area contributed by atoms with Gasteiger partial charge >= 0.3 is 11.9 Å². The number of halogens is 2. The minimum absolute atomic E-state index is 0.0261. The number of benzene rings is 1. The maximum absolute atomic E-state index is 15.2. The lowest BCUT2D eigenvalue weighted by molar-refractivity contribution is -0.187. The zero-order valence-corrected chi connectivity index (χ0v) is 20.1. The van der Waals surface area contributed by atoms with E-state index < -0.39 is 43.0 Å². The number of hydrogen-bond donors (Lipinski definition) is 5. The molecule has 0 amide bonds. The van der Waals surface area contributed by atoms with Crippen molar-refractivity contribution in [2.24, 2.45) is 5.14 Å². The van der Waals surface area contributed by atoms with Crippen molar-refractivity contribution in [2.75, 3.05) is 36.3 Å². The molecule has 0 fully saturated rings. The molecule has 0 saturated heterocycles. The maximum Gasteiger partial charge on any atom is 0.348 e. The van der Waals surface area contributed by atoms with Crippen molar-refractivity contribution >= 4 is 52.8 Å². The molecule has 15 heteroatoms. The van der Waals surface area contributed by atoms with E-state index in [-0.39, 0.29) is 30.0 Å². The molecule has 1 aromatic heterocycles.